The number of ether oxygens (including phenoxy) is 4. The third-order valence-electron chi connectivity index (χ3n) is 11.6. The maximum Gasteiger partial charge on any atom is 0.339 e. The highest BCUT2D eigenvalue weighted by Gasteiger charge is 2.31. The van der Waals surface area contributed by atoms with E-state index in [0.29, 0.717) is 47.9 Å². The van der Waals surface area contributed by atoms with Gasteiger partial charge < -0.3 is 18.9 Å². The van der Waals surface area contributed by atoms with Crippen LogP contribution < -0.4 is 0 Å². The number of hydrogen-bond donors (Lipinski definition) is 0. The second kappa shape index (κ2) is 18.3. The predicted octanol–water partition coefficient (Wildman–Crippen LogP) is 11.4. The van der Waals surface area contributed by atoms with Gasteiger partial charge in [0.2, 0.25) is 0 Å². The van der Waals surface area contributed by atoms with Gasteiger partial charge in [-0.25, -0.2) is 19.2 Å². The van der Waals surface area contributed by atoms with Crippen molar-refractivity contribution in [1.82, 2.24) is 0 Å². The summed E-state index contributed by atoms with van der Waals surface area (Å²) in [6.45, 7) is 12.7. The molecule has 8 nitrogen and oxygen atoms in total. The van der Waals surface area contributed by atoms with Crippen molar-refractivity contribution >= 4 is 67.0 Å². The minimum atomic E-state index is -0.541. The summed E-state index contributed by atoms with van der Waals surface area (Å²) in [5.41, 5.74) is 6.50. The zero-order valence-corrected chi connectivity index (χ0v) is 35.1. The average Bonchev–Trinajstić information content (AvgIpc) is 3.22. The summed E-state index contributed by atoms with van der Waals surface area (Å²) in [5, 5.41) is 7.93. The molecule has 0 fully saturated rings. The highest BCUT2D eigenvalue weighted by molar-refractivity contribution is 6.19. The van der Waals surface area contributed by atoms with E-state index in [9.17, 15) is 19.2 Å². The molecule has 8 heteroatoms. The lowest BCUT2D eigenvalue weighted by Crippen LogP contribution is -2.19. The number of rotatable bonds is 16. The summed E-state index contributed by atoms with van der Waals surface area (Å²) in [6.07, 6.45) is 9.30. The Bertz CT molecular complexity index is 2020. The van der Waals surface area contributed by atoms with Crippen molar-refractivity contribution in [1.29, 1.82) is 0 Å². The number of aryl methyl sites for hydroxylation is 6. The monoisotopic (exact) mass is 762 g/mol. The molecule has 0 aliphatic carbocycles. The van der Waals surface area contributed by atoms with Crippen LogP contribution in [-0.4, -0.2) is 52.3 Å². The van der Waals surface area contributed by atoms with Gasteiger partial charge in [0.05, 0.1) is 50.7 Å². The van der Waals surface area contributed by atoms with E-state index in [1.54, 1.807) is 0 Å². The van der Waals surface area contributed by atoms with Crippen molar-refractivity contribution in [3.8, 4) is 0 Å². The molecule has 0 aliphatic heterocycles. The molecule has 0 saturated carbocycles. The van der Waals surface area contributed by atoms with Gasteiger partial charge in [-0.15, -0.1) is 0 Å². The van der Waals surface area contributed by atoms with Gasteiger partial charge in [0.15, 0.2) is 0 Å². The number of benzene rings is 5. The normalized spacial score (nSPS) is 11.5. The number of hydrogen-bond acceptors (Lipinski definition) is 8. The Labute approximate surface area is 331 Å². The van der Waals surface area contributed by atoms with Gasteiger partial charge in [-0.2, -0.15) is 0 Å². The molecule has 0 unspecified atom stereocenters. The molecule has 5 rings (SSSR count). The Morgan fingerprint density at radius 3 is 0.732 bits per heavy atom. The van der Waals surface area contributed by atoms with Crippen LogP contribution in [0.2, 0.25) is 0 Å². The molecule has 5 aromatic carbocycles. The molecule has 0 atom stereocenters. The molecule has 0 bridgehead atoms. The summed E-state index contributed by atoms with van der Waals surface area (Å²) >= 11 is 0. The first-order valence-electron chi connectivity index (χ1n) is 20.3. The van der Waals surface area contributed by atoms with E-state index in [0.717, 1.165) is 128 Å². The molecule has 56 heavy (non-hydrogen) atoms. The molecule has 0 heterocycles. The molecule has 298 valence electrons. The summed E-state index contributed by atoms with van der Waals surface area (Å²) in [7, 11) is 5.43. The second-order valence-corrected chi connectivity index (χ2v) is 14.9. The number of carbonyl (C=O) groups excluding carboxylic acids is 4. The Balaban J connectivity index is 2.06. The van der Waals surface area contributed by atoms with Gasteiger partial charge in [0.1, 0.15) is 0 Å². The lowest BCUT2D eigenvalue weighted by atomic mass is 9.81. The highest BCUT2D eigenvalue weighted by Crippen LogP contribution is 2.43. The first-order chi connectivity index (χ1) is 27.0. The van der Waals surface area contributed by atoms with Crippen LogP contribution in [0.4, 0.5) is 0 Å². The summed E-state index contributed by atoms with van der Waals surface area (Å²) in [5.74, 6) is -2.17. The van der Waals surface area contributed by atoms with Crippen LogP contribution in [0.15, 0.2) is 24.3 Å². The van der Waals surface area contributed by atoms with Crippen molar-refractivity contribution in [3.63, 3.8) is 0 Å². The molecular formula is C48H58O8. The third kappa shape index (κ3) is 7.47. The number of fused-ring (bicyclic) bond motifs is 4. The fourth-order valence-electron chi connectivity index (χ4n) is 8.63. The lowest BCUT2D eigenvalue weighted by molar-refractivity contribution is 0.0553. The summed E-state index contributed by atoms with van der Waals surface area (Å²) in [6, 6.07) is 8.82. The van der Waals surface area contributed by atoms with Crippen LogP contribution in [-0.2, 0) is 44.6 Å². The molecular weight excluding hydrogens is 705 g/mol. The zero-order chi connectivity index (χ0) is 40.8. The Morgan fingerprint density at radius 2 is 0.571 bits per heavy atom. The average molecular weight is 763 g/mol. The van der Waals surface area contributed by atoms with Crippen LogP contribution in [0.3, 0.4) is 0 Å². The first-order valence-corrected chi connectivity index (χ1v) is 20.3. The van der Waals surface area contributed by atoms with E-state index in [4.69, 9.17) is 18.9 Å². The van der Waals surface area contributed by atoms with E-state index >= 15 is 0 Å². The van der Waals surface area contributed by atoms with Gasteiger partial charge in [0.25, 0.3) is 0 Å². The van der Waals surface area contributed by atoms with Crippen LogP contribution >= 0.6 is 0 Å². The van der Waals surface area contributed by atoms with Crippen LogP contribution in [0, 0.1) is 13.8 Å². The largest absolute Gasteiger partial charge is 0.465 e. The molecule has 5 aromatic rings. The SMILES string of the molecule is CCCCc1c(C(=O)OC)c(C(=O)OC)c(CCCC)c2cc3c(C)c4cc5c(CCCC)c(C(=O)OC)c(C(=O)OC)c(CCCC)c5cc4c(C)c3cc12. The number of methoxy groups -OCH3 is 4. The van der Waals surface area contributed by atoms with Crippen molar-refractivity contribution in [2.75, 3.05) is 28.4 Å². The predicted molar refractivity (Wildman–Crippen MR) is 226 cm³/mol. The highest BCUT2D eigenvalue weighted by atomic mass is 16.5. The third-order valence-corrected chi connectivity index (χ3v) is 11.6. The molecule has 0 saturated heterocycles. The van der Waals surface area contributed by atoms with Crippen LogP contribution in [0.5, 0.6) is 0 Å². The second-order valence-electron chi connectivity index (χ2n) is 14.9. The number of unbranched alkanes of at least 4 members (excludes halogenated alkanes) is 4. The number of carbonyl (C=O) groups is 4. The van der Waals surface area contributed by atoms with Crippen LogP contribution in [0.25, 0.3) is 43.1 Å². The number of esters is 4. The Hall–Kier alpha value is -4.98. The molecule has 0 aromatic heterocycles. The van der Waals surface area contributed by atoms with E-state index in [-0.39, 0.29) is 0 Å². The standard InChI is InChI=1S/C48H58O8/c1-11-15-19-29-37-23-33-27(5)35-25-39-31(21-17-13-3)43(47(51)55-9)44(48(52)56-10)32(22-18-14-4)40(39)26-36(35)28(6)34(33)24-38(37)30(20-16-12-2)42(46(50)54-8)41(29)45(49)53-7/h23-26H,11-22H2,1-10H3. The van der Waals surface area contributed by atoms with Crippen molar-refractivity contribution < 1.29 is 38.1 Å². The minimum absolute atomic E-state index is 0.295. The molecule has 0 aliphatic rings. The van der Waals surface area contributed by atoms with Crippen molar-refractivity contribution in [3.05, 3.63) is 79.9 Å². The minimum Gasteiger partial charge on any atom is -0.465 e. The van der Waals surface area contributed by atoms with Gasteiger partial charge >= 0.3 is 23.9 Å². The zero-order valence-electron chi connectivity index (χ0n) is 35.1. The quantitative estimate of drug-likeness (QED) is 0.0556. The molecule has 0 amide bonds. The molecule has 0 spiro atoms. The maximum absolute atomic E-state index is 13.7. The van der Waals surface area contributed by atoms with Gasteiger partial charge in [-0.1, -0.05) is 53.4 Å². The topological polar surface area (TPSA) is 105 Å². The van der Waals surface area contributed by atoms with Gasteiger partial charge in [-0.05, 0) is 166 Å². The van der Waals surface area contributed by atoms with E-state index in [2.05, 4.69) is 65.8 Å². The van der Waals surface area contributed by atoms with E-state index in [1.807, 2.05) is 0 Å². The van der Waals surface area contributed by atoms with Crippen molar-refractivity contribution in [2.24, 2.45) is 0 Å². The smallest absolute Gasteiger partial charge is 0.339 e. The van der Waals surface area contributed by atoms with Gasteiger partial charge in [-0.3, -0.25) is 0 Å². The van der Waals surface area contributed by atoms with E-state index < -0.39 is 23.9 Å². The van der Waals surface area contributed by atoms with Crippen LogP contribution in [0.1, 0.15) is 154 Å². The molecule has 0 radical (unpaired) electrons. The summed E-state index contributed by atoms with van der Waals surface area (Å²) in [4.78, 5) is 54.7. The first kappa shape index (κ1) is 42.2. The van der Waals surface area contributed by atoms with Gasteiger partial charge in [0, 0.05) is 0 Å². The maximum atomic E-state index is 13.7. The molecule has 0 N–H and O–H groups in total. The van der Waals surface area contributed by atoms with Crippen molar-refractivity contribution in [2.45, 2.75) is 119 Å². The summed E-state index contributed by atoms with van der Waals surface area (Å²) < 4.78 is 21.4. The fourth-order valence-corrected chi connectivity index (χ4v) is 8.63. The Kier molecular flexibility index (Phi) is 13.8. The lowest BCUT2D eigenvalue weighted by Gasteiger charge is -2.23. The Morgan fingerprint density at radius 1 is 0.375 bits per heavy atom. The fraction of sp³-hybridized carbons (Fsp3) is 0.458. The van der Waals surface area contributed by atoms with E-state index in [1.165, 1.54) is 28.4 Å².